The number of hydrogen-bond acceptors (Lipinski definition) is 3. The second kappa shape index (κ2) is 6.24. The fourth-order valence-electron chi connectivity index (χ4n) is 2.02. The Hall–Kier alpha value is -0.770. The predicted octanol–water partition coefficient (Wildman–Crippen LogP) is 2.39. The molecule has 1 saturated heterocycles. The highest BCUT2D eigenvalue weighted by Crippen LogP contribution is 2.15. The van der Waals surface area contributed by atoms with E-state index in [1.165, 1.54) is 0 Å². The summed E-state index contributed by atoms with van der Waals surface area (Å²) in [6.45, 7) is 10.6. The third-order valence-corrected chi connectivity index (χ3v) is 2.92. The van der Waals surface area contributed by atoms with Crippen LogP contribution in [0.25, 0.3) is 0 Å². The molecule has 17 heavy (non-hydrogen) atoms. The summed E-state index contributed by atoms with van der Waals surface area (Å²) in [4.78, 5) is 14.0. The van der Waals surface area contributed by atoms with Crippen LogP contribution in [-0.2, 0) is 4.74 Å². The summed E-state index contributed by atoms with van der Waals surface area (Å²) in [5, 5.41) is 3.39. The van der Waals surface area contributed by atoms with Gasteiger partial charge in [-0.3, -0.25) is 0 Å². The minimum absolute atomic E-state index is 0.173. The summed E-state index contributed by atoms with van der Waals surface area (Å²) < 4.78 is 5.46. The monoisotopic (exact) mass is 242 g/mol. The number of carbonyl (C=O) groups is 1. The molecular formula is C13H26N2O2. The summed E-state index contributed by atoms with van der Waals surface area (Å²) in [6, 6.07) is 0.255. The third-order valence-electron chi connectivity index (χ3n) is 2.92. The van der Waals surface area contributed by atoms with E-state index in [1.807, 2.05) is 25.7 Å². The highest BCUT2D eigenvalue weighted by molar-refractivity contribution is 5.68. The molecule has 1 heterocycles. The third kappa shape index (κ3) is 4.94. The van der Waals surface area contributed by atoms with Gasteiger partial charge in [0.15, 0.2) is 0 Å². The van der Waals surface area contributed by atoms with Crippen LogP contribution < -0.4 is 5.32 Å². The first-order valence-electron chi connectivity index (χ1n) is 6.64. The van der Waals surface area contributed by atoms with Crippen molar-refractivity contribution in [1.82, 2.24) is 10.2 Å². The van der Waals surface area contributed by atoms with E-state index in [0.717, 1.165) is 38.9 Å². The zero-order valence-corrected chi connectivity index (χ0v) is 11.6. The second-order valence-electron chi connectivity index (χ2n) is 5.65. The van der Waals surface area contributed by atoms with Gasteiger partial charge in [-0.1, -0.05) is 6.92 Å². The van der Waals surface area contributed by atoms with E-state index in [2.05, 4.69) is 12.2 Å². The van der Waals surface area contributed by atoms with Crippen LogP contribution in [0.4, 0.5) is 4.79 Å². The Bertz CT molecular complexity index is 248. The van der Waals surface area contributed by atoms with E-state index in [4.69, 9.17) is 4.74 Å². The van der Waals surface area contributed by atoms with Crippen LogP contribution in [0.15, 0.2) is 0 Å². The van der Waals surface area contributed by atoms with Crippen LogP contribution in [0.1, 0.15) is 47.0 Å². The SMILES string of the molecule is CC[C@@H]1CNCCCCN1C(=O)OC(C)(C)C. The summed E-state index contributed by atoms with van der Waals surface area (Å²) >= 11 is 0. The average molecular weight is 242 g/mol. The van der Waals surface area contributed by atoms with Crippen molar-refractivity contribution in [2.75, 3.05) is 19.6 Å². The Kier molecular flexibility index (Phi) is 5.25. The van der Waals surface area contributed by atoms with E-state index >= 15 is 0 Å². The van der Waals surface area contributed by atoms with Gasteiger partial charge >= 0.3 is 6.09 Å². The lowest BCUT2D eigenvalue weighted by molar-refractivity contribution is 0.0142. The highest BCUT2D eigenvalue weighted by atomic mass is 16.6. The summed E-state index contributed by atoms with van der Waals surface area (Å²) in [5.74, 6) is 0. The summed E-state index contributed by atoms with van der Waals surface area (Å²) in [5.41, 5.74) is -0.412. The van der Waals surface area contributed by atoms with Crippen molar-refractivity contribution in [3.63, 3.8) is 0 Å². The molecule has 0 spiro atoms. The normalized spacial score (nSPS) is 22.8. The lowest BCUT2D eigenvalue weighted by Gasteiger charge is -2.34. The van der Waals surface area contributed by atoms with Crippen LogP contribution in [0.2, 0.25) is 0 Å². The van der Waals surface area contributed by atoms with Crippen molar-refractivity contribution in [3.8, 4) is 0 Å². The Labute approximate surface area is 105 Å². The van der Waals surface area contributed by atoms with Crippen molar-refractivity contribution in [2.45, 2.75) is 58.6 Å². The van der Waals surface area contributed by atoms with Gasteiger partial charge in [-0.2, -0.15) is 0 Å². The largest absolute Gasteiger partial charge is 0.444 e. The molecule has 0 aromatic heterocycles. The molecule has 0 radical (unpaired) electrons. The molecule has 0 aliphatic carbocycles. The van der Waals surface area contributed by atoms with Gasteiger partial charge in [0.1, 0.15) is 5.60 Å². The minimum atomic E-state index is -0.412. The van der Waals surface area contributed by atoms with E-state index < -0.39 is 5.60 Å². The van der Waals surface area contributed by atoms with Crippen molar-refractivity contribution >= 4 is 6.09 Å². The number of amides is 1. The number of nitrogens with one attached hydrogen (secondary N) is 1. The molecule has 1 aliphatic rings. The molecule has 4 heteroatoms. The van der Waals surface area contributed by atoms with Crippen LogP contribution in [-0.4, -0.2) is 42.3 Å². The molecule has 4 nitrogen and oxygen atoms in total. The van der Waals surface area contributed by atoms with Crippen LogP contribution in [0.5, 0.6) is 0 Å². The summed E-state index contributed by atoms with van der Waals surface area (Å²) in [6.07, 6.45) is 2.96. The zero-order valence-electron chi connectivity index (χ0n) is 11.6. The molecule has 0 aromatic carbocycles. The topological polar surface area (TPSA) is 41.6 Å². The molecule has 1 N–H and O–H groups in total. The first kappa shape index (κ1) is 14.3. The van der Waals surface area contributed by atoms with Crippen LogP contribution in [0, 0.1) is 0 Å². The maximum absolute atomic E-state index is 12.1. The van der Waals surface area contributed by atoms with Crippen LogP contribution >= 0.6 is 0 Å². The average Bonchev–Trinajstić information content (AvgIpc) is 2.14. The first-order valence-corrected chi connectivity index (χ1v) is 6.64. The molecule has 100 valence electrons. The van der Waals surface area contributed by atoms with Gasteiger partial charge in [-0.25, -0.2) is 4.79 Å². The molecule has 1 atom stereocenters. The minimum Gasteiger partial charge on any atom is -0.444 e. The van der Waals surface area contributed by atoms with E-state index in [9.17, 15) is 4.79 Å². The first-order chi connectivity index (χ1) is 7.94. The van der Waals surface area contributed by atoms with Crippen molar-refractivity contribution in [2.24, 2.45) is 0 Å². The number of hydrogen-bond donors (Lipinski definition) is 1. The van der Waals surface area contributed by atoms with E-state index in [1.54, 1.807) is 0 Å². The fraction of sp³-hybridized carbons (Fsp3) is 0.923. The fourth-order valence-corrected chi connectivity index (χ4v) is 2.02. The lowest BCUT2D eigenvalue weighted by Crippen LogP contribution is -2.49. The lowest BCUT2D eigenvalue weighted by atomic mass is 10.1. The van der Waals surface area contributed by atoms with Gasteiger partial charge in [-0.05, 0) is 46.6 Å². The number of rotatable bonds is 1. The van der Waals surface area contributed by atoms with Gasteiger partial charge in [0, 0.05) is 19.1 Å². The van der Waals surface area contributed by atoms with E-state index in [-0.39, 0.29) is 12.1 Å². The Balaban J connectivity index is 2.64. The molecule has 1 amide bonds. The molecule has 1 aliphatic heterocycles. The zero-order chi connectivity index (χ0) is 12.9. The van der Waals surface area contributed by atoms with Gasteiger partial charge in [0.25, 0.3) is 0 Å². The predicted molar refractivity (Wildman–Crippen MR) is 69.1 cm³/mol. The molecule has 1 fully saturated rings. The summed E-state index contributed by atoms with van der Waals surface area (Å²) in [7, 11) is 0. The standard InChI is InChI=1S/C13H26N2O2/c1-5-11-10-14-8-6-7-9-15(11)12(16)17-13(2,3)4/h11,14H,5-10H2,1-4H3/t11-/m1/s1. The Morgan fingerprint density at radius 2 is 2.12 bits per heavy atom. The quantitative estimate of drug-likeness (QED) is 0.767. The van der Waals surface area contributed by atoms with Crippen molar-refractivity contribution in [3.05, 3.63) is 0 Å². The molecule has 0 aromatic rings. The van der Waals surface area contributed by atoms with Gasteiger partial charge < -0.3 is 15.0 Å². The smallest absolute Gasteiger partial charge is 0.410 e. The number of nitrogens with zero attached hydrogens (tertiary/aromatic N) is 1. The maximum Gasteiger partial charge on any atom is 0.410 e. The molecular weight excluding hydrogens is 216 g/mol. The van der Waals surface area contributed by atoms with Crippen molar-refractivity contribution < 1.29 is 9.53 Å². The van der Waals surface area contributed by atoms with Crippen molar-refractivity contribution in [1.29, 1.82) is 0 Å². The molecule has 0 unspecified atom stereocenters. The van der Waals surface area contributed by atoms with Gasteiger partial charge in [-0.15, -0.1) is 0 Å². The molecule has 0 saturated carbocycles. The number of ether oxygens (including phenoxy) is 1. The van der Waals surface area contributed by atoms with E-state index in [0.29, 0.717) is 0 Å². The maximum atomic E-state index is 12.1. The highest BCUT2D eigenvalue weighted by Gasteiger charge is 2.27. The molecule has 0 bridgehead atoms. The second-order valence-corrected chi connectivity index (χ2v) is 5.65. The van der Waals surface area contributed by atoms with Gasteiger partial charge in [0.05, 0.1) is 0 Å². The van der Waals surface area contributed by atoms with Crippen LogP contribution in [0.3, 0.4) is 0 Å². The number of carbonyl (C=O) groups excluding carboxylic acids is 1. The molecule has 1 rings (SSSR count). The Morgan fingerprint density at radius 3 is 2.71 bits per heavy atom. The van der Waals surface area contributed by atoms with Gasteiger partial charge in [0.2, 0.25) is 0 Å². The Morgan fingerprint density at radius 1 is 1.41 bits per heavy atom.